The molecule has 5 nitrogen and oxygen atoms in total. The van der Waals surface area contributed by atoms with E-state index in [0.29, 0.717) is 18.0 Å². The maximum atomic E-state index is 12.6. The molecule has 1 N–H and O–H groups in total. The van der Waals surface area contributed by atoms with Crippen LogP contribution in [0.1, 0.15) is 12.0 Å². The number of nitrogens with zero attached hydrogens (tertiary/aromatic N) is 1. The predicted molar refractivity (Wildman–Crippen MR) is 101 cm³/mol. The van der Waals surface area contributed by atoms with E-state index in [-0.39, 0.29) is 24.2 Å². The lowest BCUT2D eigenvalue weighted by Crippen LogP contribution is -2.28. The summed E-state index contributed by atoms with van der Waals surface area (Å²) in [5, 5.41) is 2.93. The molecule has 6 heteroatoms. The number of halogens is 1. The third kappa shape index (κ3) is 3.69. The summed E-state index contributed by atoms with van der Waals surface area (Å²) in [4.78, 5) is 26.6. The maximum Gasteiger partial charge on any atom is 0.229 e. The molecule has 2 amide bonds. The molecule has 0 aliphatic carbocycles. The van der Waals surface area contributed by atoms with E-state index < -0.39 is 0 Å². The zero-order valence-corrected chi connectivity index (χ0v) is 15.7. The molecular formula is C19H19BrN2O3. The summed E-state index contributed by atoms with van der Waals surface area (Å²) in [6.45, 7) is 2.28. The summed E-state index contributed by atoms with van der Waals surface area (Å²) < 4.78 is 6.29. The van der Waals surface area contributed by atoms with Crippen molar-refractivity contribution in [1.29, 1.82) is 0 Å². The second-order valence-electron chi connectivity index (χ2n) is 6.03. The minimum atomic E-state index is -0.388. The molecule has 1 heterocycles. The Labute approximate surface area is 155 Å². The van der Waals surface area contributed by atoms with Crippen molar-refractivity contribution in [2.75, 3.05) is 23.9 Å². The number of anilines is 2. The van der Waals surface area contributed by atoms with E-state index in [1.165, 1.54) is 0 Å². The monoisotopic (exact) mass is 402 g/mol. The van der Waals surface area contributed by atoms with Crippen molar-refractivity contribution in [1.82, 2.24) is 0 Å². The third-order valence-electron chi connectivity index (χ3n) is 4.32. The summed E-state index contributed by atoms with van der Waals surface area (Å²) in [6.07, 6.45) is 0.194. The Bertz CT molecular complexity index is 822. The van der Waals surface area contributed by atoms with Gasteiger partial charge in [-0.3, -0.25) is 9.59 Å². The van der Waals surface area contributed by atoms with Crippen LogP contribution in [0.25, 0.3) is 0 Å². The molecule has 1 atom stereocenters. The van der Waals surface area contributed by atoms with Crippen LogP contribution in [0.15, 0.2) is 46.9 Å². The van der Waals surface area contributed by atoms with Gasteiger partial charge in [-0.15, -0.1) is 0 Å². The van der Waals surface area contributed by atoms with E-state index in [0.717, 1.165) is 15.7 Å². The maximum absolute atomic E-state index is 12.6. The SMILES string of the molecule is COc1ccccc1N1CC(C(=O)Nc2ccc(Br)cc2C)CC1=O. The minimum absolute atomic E-state index is 0.0721. The molecule has 130 valence electrons. The van der Waals surface area contributed by atoms with Crippen LogP contribution in [0.3, 0.4) is 0 Å². The van der Waals surface area contributed by atoms with Gasteiger partial charge in [-0.25, -0.2) is 0 Å². The highest BCUT2D eigenvalue weighted by Crippen LogP contribution is 2.33. The molecule has 1 saturated heterocycles. The van der Waals surface area contributed by atoms with Gasteiger partial charge in [-0.2, -0.15) is 0 Å². The van der Waals surface area contributed by atoms with Gasteiger partial charge in [-0.1, -0.05) is 28.1 Å². The highest BCUT2D eigenvalue weighted by atomic mass is 79.9. The van der Waals surface area contributed by atoms with Gasteiger partial charge in [0.1, 0.15) is 5.75 Å². The zero-order chi connectivity index (χ0) is 18.0. The van der Waals surface area contributed by atoms with Crippen molar-refractivity contribution in [2.24, 2.45) is 5.92 Å². The van der Waals surface area contributed by atoms with Gasteiger partial charge in [0.15, 0.2) is 0 Å². The summed E-state index contributed by atoms with van der Waals surface area (Å²) in [7, 11) is 1.57. The Morgan fingerprint density at radius 2 is 2.04 bits per heavy atom. The number of carbonyl (C=O) groups is 2. The van der Waals surface area contributed by atoms with E-state index in [1.807, 2.05) is 43.3 Å². The van der Waals surface area contributed by atoms with Gasteiger partial charge >= 0.3 is 0 Å². The summed E-state index contributed by atoms with van der Waals surface area (Å²) in [5.41, 5.74) is 2.43. The summed E-state index contributed by atoms with van der Waals surface area (Å²) in [5.74, 6) is 0.0227. The molecule has 0 spiro atoms. The number of hydrogen-bond acceptors (Lipinski definition) is 3. The second-order valence-corrected chi connectivity index (χ2v) is 6.94. The van der Waals surface area contributed by atoms with Crippen molar-refractivity contribution in [3.8, 4) is 5.75 Å². The quantitative estimate of drug-likeness (QED) is 0.846. The Morgan fingerprint density at radius 3 is 2.76 bits per heavy atom. The van der Waals surface area contributed by atoms with Gasteiger partial charge in [0.25, 0.3) is 0 Å². The number of ether oxygens (including phenoxy) is 1. The largest absolute Gasteiger partial charge is 0.495 e. The summed E-state index contributed by atoms with van der Waals surface area (Å²) >= 11 is 3.41. The molecule has 2 aromatic rings. The van der Waals surface area contributed by atoms with Crippen molar-refractivity contribution in [2.45, 2.75) is 13.3 Å². The molecule has 2 aromatic carbocycles. The van der Waals surface area contributed by atoms with Gasteiger partial charge in [-0.05, 0) is 42.8 Å². The Hall–Kier alpha value is -2.34. The van der Waals surface area contributed by atoms with Crippen LogP contribution in [0.2, 0.25) is 0 Å². The molecule has 0 aromatic heterocycles. The van der Waals surface area contributed by atoms with Crippen LogP contribution >= 0.6 is 15.9 Å². The Kier molecular flexibility index (Phi) is 5.08. The van der Waals surface area contributed by atoms with Crippen LogP contribution in [0.4, 0.5) is 11.4 Å². The molecule has 1 fully saturated rings. The van der Waals surface area contributed by atoms with Crippen molar-refractivity contribution in [3.63, 3.8) is 0 Å². The molecular weight excluding hydrogens is 384 g/mol. The molecule has 1 aliphatic heterocycles. The fraction of sp³-hybridized carbons (Fsp3) is 0.263. The first kappa shape index (κ1) is 17.5. The van der Waals surface area contributed by atoms with Crippen molar-refractivity contribution >= 4 is 39.1 Å². The number of carbonyl (C=O) groups excluding carboxylic acids is 2. The molecule has 1 unspecified atom stereocenters. The zero-order valence-electron chi connectivity index (χ0n) is 14.1. The second kappa shape index (κ2) is 7.27. The molecule has 25 heavy (non-hydrogen) atoms. The lowest BCUT2D eigenvalue weighted by molar-refractivity contribution is -0.122. The smallest absolute Gasteiger partial charge is 0.229 e. The highest BCUT2D eigenvalue weighted by molar-refractivity contribution is 9.10. The topological polar surface area (TPSA) is 58.6 Å². The first-order valence-electron chi connectivity index (χ1n) is 8.00. The van der Waals surface area contributed by atoms with E-state index in [1.54, 1.807) is 18.1 Å². The first-order valence-corrected chi connectivity index (χ1v) is 8.79. The van der Waals surface area contributed by atoms with Gasteiger partial charge in [0, 0.05) is 23.1 Å². The van der Waals surface area contributed by atoms with Gasteiger partial charge < -0.3 is 15.0 Å². The fourth-order valence-corrected chi connectivity index (χ4v) is 3.45. The number of amides is 2. The summed E-state index contributed by atoms with van der Waals surface area (Å²) in [6, 6.07) is 13.0. The standard InChI is InChI=1S/C19H19BrN2O3/c1-12-9-14(20)7-8-15(12)21-19(24)13-10-18(23)22(11-13)16-5-3-4-6-17(16)25-2/h3-9,13H,10-11H2,1-2H3,(H,21,24). The number of benzene rings is 2. The number of aryl methyl sites for hydroxylation is 1. The normalized spacial score (nSPS) is 16.8. The van der Waals surface area contributed by atoms with Crippen LogP contribution in [0.5, 0.6) is 5.75 Å². The van der Waals surface area contributed by atoms with E-state index in [9.17, 15) is 9.59 Å². The number of hydrogen-bond donors (Lipinski definition) is 1. The predicted octanol–water partition coefficient (Wildman–Crippen LogP) is 3.76. The molecule has 0 saturated carbocycles. The number of methoxy groups -OCH3 is 1. The highest BCUT2D eigenvalue weighted by Gasteiger charge is 2.36. The number of nitrogens with one attached hydrogen (secondary N) is 1. The van der Waals surface area contributed by atoms with E-state index in [2.05, 4.69) is 21.2 Å². The van der Waals surface area contributed by atoms with Crippen LogP contribution in [-0.2, 0) is 9.59 Å². The van der Waals surface area contributed by atoms with Crippen LogP contribution in [-0.4, -0.2) is 25.5 Å². The Balaban J connectivity index is 1.74. The number of rotatable bonds is 4. The Morgan fingerprint density at radius 1 is 1.28 bits per heavy atom. The minimum Gasteiger partial charge on any atom is -0.495 e. The van der Waals surface area contributed by atoms with Crippen molar-refractivity contribution in [3.05, 3.63) is 52.5 Å². The third-order valence-corrected chi connectivity index (χ3v) is 4.81. The van der Waals surface area contributed by atoms with Crippen LogP contribution in [0, 0.1) is 12.8 Å². The van der Waals surface area contributed by atoms with Crippen LogP contribution < -0.4 is 15.0 Å². The van der Waals surface area contributed by atoms with E-state index >= 15 is 0 Å². The molecule has 0 radical (unpaired) electrons. The molecule has 1 aliphatic rings. The first-order chi connectivity index (χ1) is 12.0. The van der Waals surface area contributed by atoms with Crippen molar-refractivity contribution < 1.29 is 14.3 Å². The fourth-order valence-electron chi connectivity index (χ4n) is 2.97. The average molecular weight is 403 g/mol. The van der Waals surface area contributed by atoms with Gasteiger partial charge in [0.2, 0.25) is 11.8 Å². The van der Waals surface area contributed by atoms with Gasteiger partial charge in [0.05, 0.1) is 18.7 Å². The number of para-hydroxylation sites is 2. The van der Waals surface area contributed by atoms with E-state index in [4.69, 9.17) is 4.74 Å². The lowest BCUT2D eigenvalue weighted by atomic mass is 10.1. The lowest BCUT2D eigenvalue weighted by Gasteiger charge is -2.19. The average Bonchev–Trinajstić information content (AvgIpc) is 2.99. The molecule has 0 bridgehead atoms. The molecule has 3 rings (SSSR count).